The van der Waals surface area contributed by atoms with Gasteiger partial charge >= 0.3 is 0 Å². The molecule has 2 aliphatic rings. The van der Waals surface area contributed by atoms with Crippen LogP contribution in [0.4, 0.5) is 5.82 Å². The molecule has 0 N–H and O–H groups in total. The summed E-state index contributed by atoms with van der Waals surface area (Å²) < 4.78 is 17.6. The lowest BCUT2D eigenvalue weighted by molar-refractivity contribution is 0.0510. The standard InChI is InChI=1S/C29H30N4O3S/c1-34-27-17-22(11-12-26(27)35-20-21-7-3-2-4-8-21)25-18-23(36-30-25)19-32-13-15-33(16-14-32)29-24-9-5-6-10-28(24)37-31-29/h2-12,17,23H,13-16,18-20H2,1H3. The van der Waals surface area contributed by atoms with Gasteiger partial charge in [-0.1, -0.05) is 47.6 Å². The monoisotopic (exact) mass is 514 g/mol. The van der Waals surface area contributed by atoms with Crippen LogP contribution in [0.2, 0.25) is 0 Å². The Morgan fingerprint density at radius 3 is 2.59 bits per heavy atom. The van der Waals surface area contributed by atoms with Crippen LogP contribution in [0.25, 0.3) is 10.1 Å². The van der Waals surface area contributed by atoms with E-state index < -0.39 is 0 Å². The third kappa shape index (κ3) is 5.26. The van der Waals surface area contributed by atoms with Gasteiger partial charge in [0.2, 0.25) is 0 Å². The zero-order chi connectivity index (χ0) is 25.0. The van der Waals surface area contributed by atoms with Crippen molar-refractivity contribution in [2.75, 3.05) is 44.7 Å². The maximum atomic E-state index is 6.00. The highest BCUT2D eigenvalue weighted by atomic mass is 32.1. The Labute approximate surface area is 221 Å². The summed E-state index contributed by atoms with van der Waals surface area (Å²) in [5.41, 5.74) is 3.07. The number of aromatic nitrogens is 1. The Bertz CT molecular complexity index is 1380. The predicted molar refractivity (Wildman–Crippen MR) is 148 cm³/mol. The van der Waals surface area contributed by atoms with Crippen molar-refractivity contribution in [3.05, 3.63) is 83.9 Å². The molecule has 1 fully saturated rings. The van der Waals surface area contributed by atoms with Crippen molar-refractivity contribution in [2.24, 2.45) is 5.16 Å². The second kappa shape index (κ2) is 10.8. The molecule has 1 unspecified atom stereocenters. The Morgan fingerprint density at radius 2 is 1.76 bits per heavy atom. The number of ether oxygens (including phenoxy) is 2. The minimum atomic E-state index is 0.0571. The van der Waals surface area contributed by atoms with Crippen LogP contribution in [-0.4, -0.2) is 60.9 Å². The van der Waals surface area contributed by atoms with Crippen molar-refractivity contribution in [1.29, 1.82) is 0 Å². The number of piperazine rings is 1. The average Bonchev–Trinajstić information content (AvgIpc) is 3.60. The Hall–Kier alpha value is -3.62. The first kappa shape index (κ1) is 23.8. The lowest BCUT2D eigenvalue weighted by atomic mass is 10.0. The summed E-state index contributed by atoms with van der Waals surface area (Å²) in [6, 6.07) is 24.6. The zero-order valence-corrected chi connectivity index (χ0v) is 21.7. The second-order valence-electron chi connectivity index (χ2n) is 9.40. The molecule has 0 radical (unpaired) electrons. The van der Waals surface area contributed by atoms with Crippen LogP contribution in [0, 0.1) is 0 Å². The molecule has 0 aliphatic carbocycles. The zero-order valence-electron chi connectivity index (χ0n) is 20.9. The van der Waals surface area contributed by atoms with Gasteiger partial charge in [0.25, 0.3) is 0 Å². The number of hydrogen-bond donors (Lipinski definition) is 0. The van der Waals surface area contributed by atoms with Crippen LogP contribution in [0.5, 0.6) is 11.5 Å². The first-order chi connectivity index (χ1) is 18.3. The topological polar surface area (TPSA) is 59.4 Å². The third-order valence-electron chi connectivity index (χ3n) is 6.96. The molecular weight excluding hydrogens is 484 g/mol. The van der Waals surface area contributed by atoms with Gasteiger partial charge < -0.3 is 19.2 Å². The molecule has 2 aliphatic heterocycles. The van der Waals surface area contributed by atoms with Crippen LogP contribution in [0.1, 0.15) is 17.5 Å². The molecule has 3 heterocycles. The third-order valence-corrected chi connectivity index (χ3v) is 7.78. The fourth-order valence-corrected chi connectivity index (χ4v) is 5.73. The van der Waals surface area contributed by atoms with Gasteiger partial charge in [0.05, 0.1) is 17.5 Å². The first-order valence-corrected chi connectivity index (χ1v) is 13.4. The number of nitrogens with zero attached hydrogens (tertiary/aromatic N) is 4. The Kier molecular flexibility index (Phi) is 6.92. The van der Waals surface area contributed by atoms with E-state index in [0.717, 1.165) is 67.6 Å². The van der Waals surface area contributed by atoms with Crippen molar-refractivity contribution in [1.82, 2.24) is 9.27 Å². The van der Waals surface area contributed by atoms with E-state index in [2.05, 4.69) is 39.2 Å². The molecule has 1 aromatic heterocycles. The van der Waals surface area contributed by atoms with Gasteiger partial charge in [0.15, 0.2) is 11.5 Å². The fraction of sp³-hybridized carbons (Fsp3) is 0.310. The lowest BCUT2D eigenvalue weighted by Crippen LogP contribution is -2.48. The van der Waals surface area contributed by atoms with Gasteiger partial charge in [-0.25, -0.2) is 0 Å². The van der Waals surface area contributed by atoms with Gasteiger partial charge in [-0.05, 0) is 47.4 Å². The summed E-state index contributed by atoms with van der Waals surface area (Å²) in [6.07, 6.45) is 0.839. The molecule has 3 aromatic carbocycles. The SMILES string of the molecule is COc1cc(C2=NOC(CN3CCN(c4nsc5ccccc45)CC3)C2)ccc1OCc1ccccc1. The number of methoxy groups -OCH3 is 1. The minimum absolute atomic E-state index is 0.0571. The fourth-order valence-electron chi connectivity index (χ4n) is 4.93. The lowest BCUT2D eigenvalue weighted by Gasteiger charge is -2.35. The van der Waals surface area contributed by atoms with Crippen molar-refractivity contribution in [3.8, 4) is 11.5 Å². The molecule has 1 saturated heterocycles. The van der Waals surface area contributed by atoms with Gasteiger partial charge in [-0.3, -0.25) is 4.90 Å². The highest BCUT2D eigenvalue weighted by Gasteiger charge is 2.28. The van der Waals surface area contributed by atoms with E-state index in [4.69, 9.17) is 18.7 Å². The number of rotatable bonds is 8. The molecule has 190 valence electrons. The average molecular weight is 515 g/mol. The first-order valence-electron chi connectivity index (χ1n) is 12.7. The quantitative estimate of drug-likeness (QED) is 0.322. The van der Waals surface area contributed by atoms with Gasteiger partial charge in [0.1, 0.15) is 18.5 Å². The highest BCUT2D eigenvalue weighted by Crippen LogP contribution is 2.32. The van der Waals surface area contributed by atoms with E-state index in [-0.39, 0.29) is 6.10 Å². The summed E-state index contributed by atoms with van der Waals surface area (Å²) in [5.74, 6) is 2.54. The Balaban J connectivity index is 1.02. The van der Waals surface area contributed by atoms with Gasteiger partial charge in [-0.15, -0.1) is 0 Å². The van der Waals surface area contributed by atoms with E-state index in [0.29, 0.717) is 12.4 Å². The smallest absolute Gasteiger partial charge is 0.161 e. The summed E-state index contributed by atoms with van der Waals surface area (Å²) >= 11 is 1.58. The van der Waals surface area contributed by atoms with Crippen molar-refractivity contribution < 1.29 is 14.3 Å². The van der Waals surface area contributed by atoms with E-state index >= 15 is 0 Å². The molecule has 0 spiro atoms. The molecule has 37 heavy (non-hydrogen) atoms. The van der Waals surface area contributed by atoms with E-state index in [9.17, 15) is 0 Å². The van der Waals surface area contributed by atoms with Crippen LogP contribution < -0.4 is 14.4 Å². The molecule has 8 heteroatoms. The molecule has 7 nitrogen and oxygen atoms in total. The largest absolute Gasteiger partial charge is 0.493 e. The number of fused-ring (bicyclic) bond motifs is 1. The number of benzene rings is 3. The van der Waals surface area contributed by atoms with Crippen LogP contribution in [0.3, 0.4) is 0 Å². The van der Waals surface area contributed by atoms with E-state index in [1.54, 1.807) is 18.6 Å². The molecule has 0 amide bonds. The van der Waals surface area contributed by atoms with Gasteiger partial charge in [0, 0.05) is 50.1 Å². The van der Waals surface area contributed by atoms with Crippen molar-refractivity contribution in [3.63, 3.8) is 0 Å². The normalized spacial score (nSPS) is 18.0. The van der Waals surface area contributed by atoms with Crippen molar-refractivity contribution in [2.45, 2.75) is 19.1 Å². The second-order valence-corrected chi connectivity index (χ2v) is 10.2. The van der Waals surface area contributed by atoms with Gasteiger partial charge in [-0.2, -0.15) is 4.37 Å². The van der Waals surface area contributed by atoms with E-state index in [1.165, 1.54) is 10.1 Å². The molecule has 1 atom stereocenters. The summed E-state index contributed by atoms with van der Waals surface area (Å²) in [4.78, 5) is 10.7. The number of oxime groups is 1. The number of hydrogen-bond acceptors (Lipinski definition) is 8. The summed E-state index contributed by atoms with van der Waals surface area (Å²) in [5, 5.41) is 5.67. The summed E-state index contributed by atoms with van der Waals surface area (Å²) in [7, 11) is 1.67. The van der Waals surface area contributed by atoms with Crippen LogP contribution >= 0.6 is 11.5 Å². The minimum Gasteiger partial charge on any atom is -0.493 e. The summed E-state index contributed by atoms with van der Waals surface area (Å²) in [6.45, 7) is 5.28. The molecule has 6 rings (SSSR count). The molecule has 0 saturated carbocycles. The van der Waals surface area contributed by atoms with E-state index in [1.807, 2.05) is 48.5 Å². The van der Waals surface area contributed by atoms with Crippen molar-refractivity contribution >= 4 is 33.1 Å². The number of anilines is 1. The highest BCUT2D eigenvalue weighted by molar-refractivity contribution is 7.13. The maximum absolute atomic E-state index is 6.00. The molecule has 0 bridgehead atoms. The molecule has 4 aromatic rings. The maximum Gasteiger partial charge on any atom is 0.161 e. The molecular formula is C29H30N4O3S. The Morgan fingerprint density at radius 1 is 0.946 bits per heavy atom. The van der Waals surface area contributed by atoms with Crippen LogP contribution in [0.15, 0.2) is 78.0 Å². The predicted octanol–water partition coefficient (Wildman–Crippen LogP) is 5.20. The van der Waals surface area contributed by atoms with Crippen LogP contribution in [-0.2, 0) is 11.4 Å².